The number of ether oxygens (including phenoxy) is 3. The molecule has 0 saturated heterocycles. The van der Waals surface area contributed by atoms with Crippen LogP contribution < -0.4 is 19.5 Å². The van der Waals surface area contributed by atoms with Crippen LogP contribution in [0.4, 0.5) is 5.69 Å². The summed E-state index contributed by atoms with van der Waals surface area (Å²) in [6.07, 6.45) is 0. The van der Waals surface area contributed by atoms with Crippen molar-refractivity contribution >= 4 is 38.4 Å². The van der Waals surface area contributed by atoms with Gasteiger partial charge in [0.2, 0.25) is 10.0 Å². The van der Waals surface area contributed by atoms with Crippen molar-refractivity contribution < 1.29 is 32.2 Å². The van der Waals surface area contributed by atoms with Crippen molar-refractivity contribution in [1.82, 2.24) is 4.72 Å². The van der Waals surface area contributed by atoms with E-state index < -0.39 is 40.5 Å². The van der Waals surface area contributed by atoms with Crippen LogP contribution in [0.3, 0.4) is 0 Å². The van der Waals surface area contributed by atoms with Gasteiger partial charge in [-0.3, -0.25) is 9.59 Å². The highest BCUT2D eigenvalue weighted by Crippen LogP contribution is 2.32. The average molecular weight is 499 g/mol. The predicted molar refractivity (Wildman–Crippen MR) is 130 cm³/mol. The standard InChI is InChI=1S/C25H26N2O7S/c1-16(2)24(27-35(30,31)20-9-10-21-22(14-20)33-12-11-32-21)25(29)34-15-23(28)26-19-8-7-17-5-3-4-6-18(17)13-19/h3-10,13-14,16,24,27H,11-12,15H2,1-2H3,(H,26,28). The minimum Gasteiger partial charge on any atom is -0.486 e. The number of benzene rings is 3. The zero-order valence-electron chi connectivity index (χ0n) is 19.3. The second kappa shape index (κ2) is 10.3. The molecule has 0 saturated carbocycles. The molecule has 0 bridgehead atoms. The van der Waals surface area contributed by atoms with Crippen LogP contribution in [0.5, 0.6) is 11.5 Å². The van der Waals surface area contributed by atoms with Gasteiger partial charge in [-0.1, -0.05) is 44.2 Å². The summed E-state index contributed by atoms with van der Waals surface area (Å²) >= 11 is 0. The van der Waals surface area contributed by atoms with Crippen LogP contribution in [-0.2, 0) is 24.3 Å². The monoisotopic (exact) mass is 498 g/mol. The van der Waals surface area contributed by atoms with Crippen molar-refractivity contribution in [2.24, 2.45) is 5.92 Å². The van der Waals surface area contributed by atoms with Gasteiger partial charge in [0.05, 0.1) is 4.90 Å². The van der Waals surface area contributed by atoms with Crippen molar-refractivity contribution in [1.29, 1.82) is 0 Å². The lowest BCUT2D eigenvalue weighted by molar-refractivity contribution is -0.150. The fourth-order valence-corrected chi connectivity index (χ4v) is 4.92. The molecule has 1 aliphatic heterocycles. The second-order valence-corrected chi connectivity index (χ2v) is 10.1. The van der Waals surface area contributed by atoms with Gasteiger partial charge in [0, 0.05) is 11.8 Å². The Bertz CT molecular complexity index is 1350. The van der Waals surface area contributed by atoms with Crippen molar-refractivity contribution in [3.8, 4) is 11.5 Å². The van der Waals surface area contributed by atoms with Crippen molar-refractivity contribution in [2.75, 3.05) is 25.1 Å². The molecule has 0 aromatic heterocycles. The molecule has 0 spiro atoms. The molecule has 3 aromatic rings. The Morgan fingerprint density at radius 2 is 1.66 bits per heavy atom. The number of anilines is 1. The predicted octanol–water partition coefficient (Wildman–Crippen LogP) is 3.10. The normalized spacial score (nSPS) is 13.9. The second-order valence-electron chi connectivity index (χ2n) is 8.37. The maximum atomic E-state index is 12.9. The highest BCUT2D eigenvalue weighted by molar-refractivity contribution is 7.89. The molecule has 0 aliphatic carbocycles. The molecule has 2 N–H and O–H groups in total. The largest absolute Gasteiger partial charge is 0.486 e. The summed E-state index contributed by atoms with van der Waals surface area (Å²) in [5.74, 6) is -1.06. The number of hydrogen-bond acceptors (Lipinski definition) is 7. The van der Waals surface area contributed by atoms with Crippen LogP contribution in [0.15, 0.2) is 65.6 Å². The first-order valence-corrected chi connectivity index (χ1v) is 12.6. The topological polar surface area (TPSA) is 120 Å². The van der Waals surface area contributed by atoms with E-state index in [9.17, 15) is 18.0 Å². The molecule has 1 unspecified atom stereocenters. The Morgan fingerprint density at radius 3 is 2.40 bits per heavy atom. The van der Waals surface area contributed by atoms with Crippen molar-refractivity contribution in [2.45, 2.75) is 24.8 Å². The Labute approximate surface area is 203 Å². The fraction of sp³-hybridized carbons (Fsp3) is 0.280. The molecule has 3 aromatic carbocycles. The molecule has 184 valence electrons. The van der Waals surface area contributed by atoms with E-state index in [4.69, 9.17) is 14.2 Å². The highest BCUT2D eigenvalue weighted by Gasteiger charge is 2.31. The Kier molecular flexibility index (Phi) is 7.23. The lowest BCUT2D eigenvalue weighted by atomic mass is 10.1. The molecule has 1 heterocycles. The first-order valence-electron chi connectivity index (χ1n) is 11.1. The summed E-state index contributed by atoms with van der Waals surface area (Å²) in [7, 11) is -4.08. The van der Waals surface area contributed by atoms with E-state index in [2.05, 4.69) is 10.0 Å². The Balaban J connectivity index is 1.38. The SMILES string of the molecule is CC(C)C(NS(=O)(=O)c1ccc2c(c1)OCCO2)C(=O)OCC(=O)Nc1ccc2ccccc2c1. The minimum absolute atomic E-state index is 0.0748. The molecule has 0 radical (unpaired) electrons. The first kappa shape index (κ1) is 24.5. The number of carbonyl (C=O) groups is 2. The molecular weight excluding hydrogens is 472 g/mol. The van der Waals surface area contributed by atoms with Gasteiger partial charge in [0.15, 0.2) is 18.1 Å². The number of esters is 1. The molecule has 4 rings (SSSR count). The quantitative estimate of drug-likeness (QED) is 0.458. The van der Waals surface area contributed by atoms with Crippen LogP contribution in [0.1, 0.15) is 13.8 Å². The van der Waals surface area contributed by atoms with E-state index >= 15 is 0 Å². The van der Waals surface area contributed by atoms with Gasteiger partial charge in [-0.15, -0.1) is 0 Å². The van der Waals surface area contributed by atoms with Gasteiger partial charge in [-0.05, 0) is 41.0 Å². The minimum atomic E-state index is -4.08. The average Bonchev–Trinajstić information content (AvgIpc) is 2.85. The first-order chi connectivity index (χ1) is 16.7. The number of rotatable bonds is 8. The Hall–Kier alpha value is -3.63. The Morgan fingerprint density at radius 1 is 0.943 bits per heavy atom. The van der Waals surface area contributed by atoms with Crippen molar-refractivity contribution in [3.05, 3.63) is 60.7 Å². The molecular formula is C25H26N2O7S. The van der Waals surface area contributed by atoms with Gasteiger partial charge in [-0.2, -0.15) is 4.72 Å². The lowest BCUT2D eigenvalue weighted by Crippen LogP contribution is -2.45. The van der Waals surface area contributed by atoms with E-state index in [1.54, 1.807) is 19.9 Å². The maximum Gasteiger partial charge on any atom is 0.324 e. The third kappa shape index (κ3) is 5.90. The van der Waals surface area contributed by atoms with Gasteiger partial charge < -0.3 is 19.5 Å². The zero-order chi connectivity index (χ0) is 25.0. The number of carbonyl (C=O) groups excluding carboxylic acids is 2. The smallest absolute Gasteiger partial charge is 0.324 e. The third-order valence-corrected chi connectivity index (χ3v) is 6.84. The molecule has 1 atom stereocenters. The lowest BCUT2D eigenvalue weighted by Gasteiger charge is -2.22. The molecule has 35 heavy (non-hydrogen) atoms. The van der Waals surface area contributed by atoms with Gasteiger partial charge in [0.1, 0.15) is 19.3 Å². The van der Waals surface area contributed by atoms with Crippen LogP contribution in [0.25, 0.3) is 10.8 Å². The zero-order valence-corrected chi connectivity index (χ0v) is 20.1. The highest BCUT2D eigenvalue weighted by atomic mass is 32.2. The number of nitrogens with one attached hydrogen (secondary N) is 2. The van der Waals surface area contributed by atoms with Gasteiger partial charge in [-0.25, -0.2) is 8.42 Å². The fourth-order valence-electron chi connectivity index (χ4n) is 3.57. The summed E-state index contributed by atoms with van der Waals surface area (Å²) < 4.78 is 44.2. The summed E-state index contributed by atoms with van der Waals surface area (Å²) in [6.45, 7) is 3.49. The van der Waals surface area contributed by atoms with Crippen LogP contribution in [-0.4, -0.2) is 46.2 Å². The van der Waals surface area contributed by atoms with Crippen LogP contribution in [0.2, 0.25) is 0 Å². The van der Waals surface area contributed by atoms with E-state index in [1.165, 1.54) is 18.2 Å². The number of amides is 1. The van der Waals surface area contributed by atoms with Gasteiger partial charge >= 0.3 is 5.97 Å². The van der Waals surface area contributed by atoms with E-state index in [-0.39, 0.29) is 4.90 Å². The summed E-state index contributed by atoms with van der Waals surface area (Å²) in [5.41, 5.74) is 0.560. The molecule has 10 heteroatoms. The number of fused-ring (bicyclic) bond motifs is 2. The summed E-state index contributed by atoms with van der Waals surface area (Å²) in [4.78, 5) is 24.9. The molecule has 0 fully saturated rings. The van der Waals surface area contributed by atoms with Crippen LogP contribution in [0, 0.1) is 5.92 Å². The maximum absolute atomic E-state index is 12.9. The van der Waals surface area contributed by atoms with Crippen LogP contribution >= 0.6 is 0 Å². The number of sulfonamides is 1. The van der Waals surface area contributed by atoms with E-state index in [1.807, 2.05) is 36.4 Å². The van der Waals surface area contributed by atoms with E-state index in [0.29, 0.717) is 30.4 Å². The van der Waals surface area contributed by atoms with Crippen molar-refractivity contribution in [3.63, 3.8) is 0 Å². The summed E-state index contributed by atoms with van der Waals surface area (Å²) in [6, 6.07) is 16.2. The number of hydrogen-bond donors (Lipinski definition) is 2. The molecule has 1 aliphatic rings. The molecule has 9 nitrogen and oxygen atoms in total. The third-order valence-electron chi connectivity index (χ3n) is 5.41. The summed E-state index contributed by atoms with van der Waals surface area (Å²) in [5, 5.41) is 4.66. The van der Waals surface area contributed by atoms with Gasteiger partial charge in [0.25, 0.3) is 5.91 Å². The van der Waals surface area contributed by atoms with E-state index in [0.717, 1.165) is 10.8 Å². The molecule has 1 amide bonds.